The zero-order valence-corrected chi connectivity index (χ0v) is 14.3. The number of aryl methyl sites for hydroxylation is 2. The Kier molecular flexibility index (Phi) is 6.58. The van der Waals surface area contributed by atoms with E-state index in [0.717, 1.165) is 18.4 Å². The fraction of sp³-hybridized carbons (Fsp3) is 0.421. The molecular weight excluding hydrogens is 318 g/mol. The standard InChI is InChI=1S/C19H23N3O3/c1-13(15-7-6-14-4-2-3-5-16(14)10-15)22-12-17(11-20)19(25)21-9-8-18(23)24/h6-7,10,12-13,22H,2-5,8-9H2,1H3,(H,21,25)(H,23,24)/b17-12-. The number of nitriles is 1. The van der Waals surface area contributed by atoms with E-state index in [-0.39, 0.29) is 24.6 Å². The molecule has 6 nitrogen and oxygen atoms in total. The van der Waals surface area contributed by atoms with E-state index in [2.05, 4.69) is 28.8 Å². The first kappa shape index (κ1) is 18.5. The van der Waals surface area contributed by atoms with Crippen LogP contribution in [0.1, 0.15) is 48.9 Å². The maximum Gasteiger partial charge on any atom is 0.305 e. The van der Waals surface area contributed by atoms with Gasteiger partial charge in [0.15, 0.2) is 0 Å². The average Bonchev–Trinajstić information content (AvgIpc) is 2.61. The second kappa shape index (κ2) is 8.88. The van der Waals surface area contributed by atoms with Crippen LogP contribution in [0.5, 0.6) is 0 Å². The third kappa shape index (κ3) is 5.35. The van der Waals surface area contributed by atoms with Gasteiger partial charge in [0, 0.05) is 18.8 Å². The molecule has 0 heterocycles. The van der Waals surface area contributed by atoms with Crippen molar-refractivity contribution in [3.63, 3.8) is 0 Å². The average molecular weight is 341 g/mol. The number of carbonyl (C=O) groups is 2. The molecule has 0 bridgehead atoms. The number of hydrogen-bond donors (Lipinski definition) is 3. The Labute approximate surface area is 147 Å². The second-order valence-electron chi connectivity index (χ2n) is 6.19. The molecule has 1 amide bonds. The van der Waals surface area contributed by atoms with Gasteiger partial charge in [-0.2, -0.15) is 5.26 Å². The first-order valence-corrected chi connectivity index (χ1v) is 8.49. The van der Waals surface area contributed by atoms with Crippen molar-refractivity contribution in [1.82, 2.24) is 10.6 Å². The minimum atomic E-state index is -0.998. The summed E-state index contributed by atoms with van der Waals surface area (Å²) >= 11 is 0. The third-order valence-electron chi connectivity index (χ3n) is 4.34. The highest BCUT2D eigenvalue weighted by atomic mass is 16.4. The number of nitrogens with one attached hydrogen (secondary N) is 2. The highest BCUT2D eigenvalue weighted by Crippen LogP contribution is 2.24. The number of nitrogens with zero attached hydrogens (tertiary/aromatic N) is 1. The molecule has 0 spiro atoms. The predicted molar refractivity (Wildman–Crippen MR) is 93.6 cm³/mol. The Morgan fingerprint density at radius 2 is 2.04 bits per heavy atom. The summed E-state index contributed by atoms with van der Waals surface area (Å²) in [4.78, 5) is 22.3. The summed E-state index contributed by atoms with van der Waals surface area (Å²) in [5.41, 5.74) is 3.83. The number of benzene rings is 1. The molecule has 0 aliphatic heterocycles. The Morgan fingerprint density at radius 1 is 1.32 bits per heavy atom. The molecule has 0 saturated heterocycles. The molecule has 0 saturated carbocycles. The van der Waals surface area contributed by atoms with Gasteiger partial charge >= 0.3 is 5.97 Å². The van der Waals surface area contributed by atoms with Gasteiger partial charge in [0.05, 0.1) is 6.42 Å². The Hall–Kier alpha value is -2.81. The summed E-state index contributed by atoms with van der Waals surface area (Å²) in [5.74, 6) is -1.57. The number of carbonyl (C=O) groups excluding carboxylic acids is 1. The van der Waals surface area contributed by atoms with Crippen LogP contribution in [0.25, 0.3) is 0 Å². The van der Waals surface area contributed by atoms with Gasteiger partial charge < -0.3 is 15.7 Å². The number of rotatable bonds is 7. The van der Waals surface area contributed by atoms with Gasteiger partial charge in [-0.3, -0.25) is 9.59 Å². The smallest absolute Gasteiger partial charge is 0.305 e. The molecule has 2 rings (SSSR count). The van der Waals surface area contributed by atoms with E-state index < -0.39 is 11.9 Å². The van der Waals surface area contributed by atoms with Crippen molar-refractivity contribution in [2.45, 2.75) is 45.1 Å². The lowest BCUT2D eigenvalue weighted by Gasteiger charge is -2.19. The molecule has 1 unspecified atom stereocenters. The lowest BCUT2D eigenvalue weighted by Crippen LogP contribution is -2.28. The number of amides is 1. The van der Waals surface area contributed by atoms with Crippen molar-refractivity contribution in [1.29, 1.82) is 5.26 Å². The summed E-state index contributed by atoms with van der Waals surface area (Å²) in [6.07, 6.45) is 5.90. The Balaban J connectivity index is 1.97. The summed E-state index contributed by atoms with van der Waals surface area (Å²) in [6, 6.07) is 8.23. The molecular formula is C19H23N3O3. The van der Waals surface area contributed by atoms with E-state index in [9.17, 15) is 9.59 Å². The molecule has 1 atom stereocenters. The van der Waals surface area contributed by atoms with Crippen LogP contribution >= 0.6 is 0 Å². The lowest BCUT2D eigenvalue weighted by molar-refractivity contribution is -0.136. The molecule has 0 aromatic heterocycles. The van der Waals surface area contributed by atoms with Crippen LogP contribution in [0.15, 0.2) is 30.0 Å². The van der Waals surface area contributed by atoms with Crippen molar-refractivity contribution < 1.29 is 14.7 Å². The van der Waals surface area contributed by atoms with Gasteiger partial charge in [-0.1, -0.05) is 18.2 Å². The highest BCUT2D eigenvalue weighted by molar-refractivity contribution is 5.97. The van der Waals surface area contributed by atoms with Crippen molar-refractivity contribution in [3.05, 3.63) is 46.7 Å². The number of carboxylic acids is 1. The van der Waals surface area contributed by atoms with E-state index in [4.69, 9.17) is 10.4 Å². The van der Waals surface area contributed by atoms with E-state index in [1.165, 1.54) is 30.2 Å². The third-order valence-corrected chi connectivity index (χ3v) is 4.34. The van der Waals surface area contributed by atoms with Crippen LogP contribution in [-0.2, 0) is 22.4 Å². The summed E-state index contributed by atoms with van der Waals surface area (Å²) in [5, 5.41) is 23.2. The van der Waals surface area contributed by atoms with E-state index in [1.807, 2.05) is 13.0 Å². The molecule has 0 radical (unpaired) electrons. The molecule has 1 aliphatic carbocycles. The summed E-state index contributed by atoms with van der Waals surface area (Å²) in [7, 11) is 0. The van der Waals surface area contributed by atoms with E-state index in [0.29, 0.717) is 0 Å². The molecule has 1 aromatic rings. The van der Waals surface area contributed by atoms with Crippen molar-refractivity contribution in [2.24, 2.45) is 0 Å². The largest absolute Gasteiger partial charge is 0.481 e. The SMILES string of the molecule is CC(N/C=C(/C#N)C(=O)NCCC(=O)O)c1ccc2c(c1)CCCC2. The van der Waals surface area contributed by atoms with Gasteiger partial charge in [-0.15, -0.1) is 0 Å². The van der Waals surface area contributed by atoms with Gasteiger partial charge in [0.25, 0.3) is 5.91 Å². The first-order valence-electron chi connectivity index (χ1n) is 8.49. The van der Waals surface area contributed by atoms with E-state index >= 15 is 0 Å². The quantitative estimate of drug-likeness (QED) is 0.521. The molecule has 1 aromatic carbocycles. The molecule has 1 aliphatic rings. The zero-order chi connectivity index (χ0) is 18.2. The number of aliphatic carboxylic acids is 1. The minimum absolute atomic E-state index is 0.00639. The van der Waals surface area contributed by atoms with Crippen molar-refractivity contribution >= 4 is 11.9 Å². The van der Waals surface area contributed by atoms with Crippen molar-refractivity contribution in [2.75, 3.05) is 6.54 Å². The molecule has 132 valence electrons. The molecule has 6 heteroatoms. The topological polar surface area (TPSA) is 102 Å². The summed E-state index contributed by atoms with van der Waals surface area (Å²) < 4.78 is 0. The van der Waals surface area contributed by atoms with Crippen LogP contribution in [0, 0.1) is 11.3 Å². The van der Waals surface area contributed by atoms with Gasteiger partial charge in [0.1, 0.15) is 11.6 Å². The van der Waals surface area contributed by atoms with Gasteiger partial charge in [-0.05, 0) is 49.3 Å². The van der Waals surface area contributed by atoms with Crippen LogP contribution in [-0.4, -0.2) is 23.5 Å². The molecule has 25 heavy (non-hydrogen) atoms. The highest BCUT2D eigenvalue weighted by Gasteiger charge is 2.13. The maximum absolute atomic E-state index is 11.9. The first-order chi connectivity index (χ1) is 12.0. The van der Waals surface area contributed by atoms with Crippen LogP contribution in [0.2, 0.25) is 0 Å². The Morgan fingerprint density at radius 3 is 2.72 bits per heavy atom. The fourth-order valence-corrected chi connectivity index (χ4v) is 2.85. The predicted octanol–water partition coefficient (Wildman–Crippen LogP) is 2.21. The molecule has 0 fully saturated rings. The van der Waals surface area contributed by atoms with Crippen LogP contribution in [0.3, 0.4) is 0 Å². The minimum Gasteiger partial charge on any atom is -0.481 e. The van der Waals surface area contributed by atoms with Crippen LogP contribution in [0.4, 0.5) is 0 Å². The monoisotopic (exact) mass is 341 g/mol. The van der Waals surface area contributed by atoms with Crippen LogP contribution < -0.4 is 10.6 Å². The number of carboxylic acid groups (broad SMARTS) is 1. The fourth-order valence-electron chi connectivity index (χ4n) is 2.85. The van der Waals surface area contributed by atoms with Gasteiger partial charge in [0.2, 0.25) is 0 Å². The molecule has 3 N–H and O–H groups in total. The summed E-state index contributed by atoms with van der Waals surface area (Å²) in [6.45, 7) is 1.96. The van der Waals surface area contributed by atoms with Gasteiger partial charge in [-0.25, -0.2) is 0 Å². The normalized spacial score (nSPS) is 14.8. The van der Waals surface area contributed by atoms with E-state index in [1.54, 1.807) is 0 Å². The number of hydrogen-bond acceptors (Lipinski definition) is 4. The number of fused-ring (bicyclic) bond motifs is 1. The maximum atomic E-state index is 11.9. The lowest BCUT2D eigenvalue weighted by atomic mass is 9.89. The Bertz CT molecular complexity index is 719. The second-order valence-corrected chi connectivity index (χ2v) is 6.19. The zero-order valence-electron chi connectivity index (χ0n) is 14.3. The van der Waals surface area contributed by atoms with Crippen molar-refractivity contribution in [3.8, 4) is 6.07 Å².